The maximum Gasteiger partial charge on any atom is 0.317 e. The molecule has 1 unspecified atom stereocenters. The van der Waals surface area contributed by atoms with Crippen molar-refractivity contribution in [3.05, 3.63) is 12.2 Å². The number of urea groups is 1. The van der Waals surface area contributed by atoms with Gasteiger partial charge in [0, 0.05) is 19.1 Å². The number of carboxylic acids is 1. The van der Waals surface area contributed by atoms with Crippen molar-refractivity contribution in [3.63, 3.8) is 0 Å². The minimum absolute atomic E-state index is 0.00102. The van der Waals surface area contributed by atoms with Crippen LogP contribution in [0.25, 0.3) is 0 Å². The first-order chi connectivity index (χ1) is 8.43. The Morgan fingerprint density at radius 2 is 2.11 bits per heavy atom. The van der Waals surface area contributed by atoms with Crippen molar-refractivity contribution in [1.29, 1.82) is 0 Å². The van der Waals surface area contributed by atoms with Crippen LogP contribution >= 0.6 is 0 Å². The van der Waals surface area contributed by atoms with Gasteiger partial charge in [-0.2, -0.15) is 0 Å². The molecule has 0 heterocycles. The van der Waals surface area contributed by atoms with E-state index in [0.717, 1.165) is 18.4 Å². The van der Waals surface area contributed by atoms with E-state index in [2.05, 4.69) is 11.9 Å². The highest BCUT2D eigenvalue weighted by molar-refractivity contribution is 5.76. The molecule has 1 rings (SSSR count). The van der Waals surface area contributed by atoms with Crippen LogP contribution in [0.1, 0.15) is 33.1 Å². The van der Waals surface area contributed by atoms with Crippen molar-refractivity contribution in [2.24, 2.45) is 5.92 Å². The number of hydrogen-bond acceptors (Lipinski definition) is 2. The lowest BCUT2D eigenvalue weighted by molar-refractivity contribution is -0.137. The van der Waals surface area contributed by atoms with E-state index in [0.29, 0.717) is 19.0 Å². The van der Waals surface area contributed by atoms with Crippen LogP contribution in [0.15, 0.2) is 12.2 Å². The van der Waals surface area contributed by atoms with Gasteiger partial charge in [0.15, 0.2) is 0 Å². The van der Waals surface area contributed by atoms with Gasteiger partial charge in [0.25, 0.3) is 0 Å². The van der Waals surface area contributed by atoms with Gasteiger partial charge in [-0.3, -0.25) is 4.79 Å². The third kappa shape index (κ3) is 4.77. The maximum atomic E-state index is 12.0. The molecule has 2 amide bonds. The van der Waals surface area contributed by atoms with Gasteiger partial charge in [0.1, 0.15) is 0 Å². The summed E-state index contributed by atoms with van der Waals surface area (Å²) in [6.45, 7) is 8.64. The smallest absolute Gasteiger partial charge is 0.317 e. The summed E-state index contributed by atoms with van der Waals surface area (Å²) in [5.41, 5.74) is 0.910. The fourth-order valence-electron chi connectivity index (χ4n) is 1.93. The van der Waals surface area contributed by atoms with Crippen LogP contribution in [0.3, 0.4) is 0 Å². The van der Waals surface area contributed by atoms with E-state index in [-0.39, 0.29) is 18.5 Å². The SMILES string of the molecule is C=C(C)CN(CC)C(=O)NC(CC(=O)O)C1CC1. The van der Waals surface area contributed by atoms with E-state index in [9.17, 15) is 9.59 Å². The summed E-state index contributed by atoms with van der Waals surface area (Å²) >= 11 is 0. The molecule has 1 saturated carbocycles. The zero-order chi connectivity index (χ0) is 13.7. The van der Waals surface area contributed by atoms with Crippen molar-refractivity contribution in [1.82, 2.24) is 10.2 Å². The summed E-state index contributed by atoms with van der Waals surface area (Å²) in [6, 6.07) is -0.437. The molecule has 5 nitrogen and oxygen atoms in total. The lowest BCUT2D eigenvalue weighted by atomic mass is 10.1. The second kappa shape index (κ2) is 6.42. The average Bonchev–Trinajstić information content (AvgIpc) is 3.07. The molecular formula is C13H22N2O3. The van der Waals surface area contributed by atoms with E-state index in [1.807, 2.05) is 13.8 Å². The molecule has 0 aliphatic heterocycles. The number of aliphatic carboxylic acids is 1. The molecule has 0 aromatic heterocycles. The lowest BCUT2D eigenvalue weighted by Crippen LogP contribution is -2.46. The van der Waals surface area contributed by atoms with Crippen LogP contribution < -0.4 is 5.32 Å². The summed E-state index contributed by atoms with van der Waals surface area (Å²) in [5.74, 6) is -0.538. The molecule has 18 heavy (non-hydrogen) atoms. The van der Waals surface area contributed by atoms with Gasteiger partial charge in [-0.25, -0.2) is 4.79 Å². The van der Waals surface area contributed by atoms with Crippen molar-refractivity contribution >= 4 is 12.0 Å². The standard InChI is InChI=1S/C13H22N2O3/c1-4-15(8-9(2)3)13(18)14-11(7-12(16)17)10-5-6-10/h10-11H,2,4-8H2,1,3H3,(H,14,18)(H,16,17). The molecule has 5 heteroatoms. The first-order valence-electron chi connectivity index (χ1n) is 6.35. The van der Waals surface area contributed by atoms with Crippen LogP contribution in [0.5, 0.6) is 0 Å². The molecule has 1 atom stereocenters. The number of nitrogens with one attached hydrogen (secondary N) is 1. The zero-order valence-electron chi connectivity index (χ0n) is 11.1. The quantitative estimate of drug-likeness (QED) is 0.681. The largest absolute Gasteiger partial charge is 0.481 e. The molecule has 0 bridgehead atoms. The monoisotopic (exact) mass is 254 g/mol. The summed E-state index contributed by atoms with van der Waals surface area (Å²) in [5, 5.41) is 11.7. The predicted octanol–water partition coefficient (Wildman–Crippen LogP) is 1.85. The summed E-state index contributed by atoms with van der Waals surface area (Å²) < 4.78 is 0. The highest BCUT2D eigenvalue weighted by Crippen LogP contribution is 2.34. The third-order valence-corrected chi connectivity index (χ3v) is 3.02. The van der Waals surface area contributed by atoms with Gasteiger partial charge in [-0.15, -0.1) is 0 Å². The van der Waals surface area contributed by atoms with Crippen LogP contribution in [0.2, 0.25) is 0 Å². The van der Waals surface area contributed by atoms with Gasteiger partial charge in [0.2, 0.25) is 0 Å². The highest BCUT2D eigenvalue weighted by atomic mass is 16.4. The van der Waals surface area contributed by atoms with Crippen molar-refractivity contribution < 1.29 is 14.7 Å². The van der Waals surface area contributed by atoms with E-state index >= 15 is 0 Å². The number of nitrogens with zero attached hydrogens (tertiary/aromatic N) is 1. The van der Waals surface area contributed by atoms with E-state index in [1.54, 1.807) is 4.90 Å². The van der Waals surface area contributed by atoms with E-state index in [4.69, 9.17) is 5.11 Å². The minimum Gasteiger partial charge on any atom is -0.481 e. The lowest BCUT2D eigenvalue weighted by Gasteiger charge is -2.25. The fourth-order valence-corrected chi connectivity index (χ4v) is 1.93. The Balaban J connectivity index is 2.53. The number of hydrogen-bond donors (Lipinski definition) is 2. The van der Waals surface area contributed by atoms with E-state index < -0.39 is 5.97 Å². The van der Waals surface area contributed by atoms with Crippen molar-refractivity contribution in [2.45, 2.75) is 39.2 Å². The Hall–Kier alpha value is -1.52. The molecule has 1 aliphatic rings. The van der Waals surface area contributed by atoms with Gasteiger partial charge in [0.05, 0.1) is 6.42 Å². The molecule has 1 aliphatic carbocycles. The van der Waals surface area contributed by atoms with Gasteiger partial charge in [-0.1, -0.05) is 12.2 Å². The molecule has 0 saturated heterocycles. The number of rotatable bonds is 7. The second-order valence-electron chi connectivity index (χ2n) is 4.96. The summed E-state index contributed by atoms with van der Waals surface area (Å²) in [7, 11) is 0. The van der Waals surface area contributed by atoms with Gasteiger partial charge in [-0.05, 0) is 32.6 Å². The van der Waals surface area contributed by atoms with Crippen molar-refractivity contribution in [2.75, 3.05) is 13.1 Å². The Bertz CT molecular complexity index is 337. The Morgan fingerprint density at radius 3 is 2.50 bits per heavy atom. The molecule has 0 aromatic carbocycles. The van der Waals surface area contributed by atoms with Crippen LogP contribution in [0.4, 0.5) is 4.79 Å². The third-order valence-electron chi connectivity index (χ3n) is 3.02. The Morgan fingerprint density at radius 1 is 1.50 bits per heavy atom. The first-order valence-corrected chi connectivity index (χ1v) is 6.35. The molecule has 2 N–H and O–H groups in total. The fraction of sp³-hybridized carbons (Fsp3) is 0.692. The number of carbonyl (C=O) groups is 2. The number of likely N-dealkylation sites (N-methyl/N-ethyl adjacent to an activating group) is 1. The van der Waals surface area contributed by atoms with Crippen LogP contribution in [0, 0.1) is 5.92 Å². The molecular weight excluding hydrogens is 232 g/mol. The van der Waals surface area contributed by atoms with Crippen LogP contribution in [-0.2, 0) is 4.79 Å². The number of amides is 2. The van der Waals surface area contributed by atoms with Gasteiger partial charge >= 0.3 is 12.0 Å². The predicted molar refractivity (Wildman–Crippen MR) is 69.4 cm³/mol. The highest BCUT2D eigenvalue weighted by Gasteiger charge is 2.34. The van der Waals surface area contributed by atoms with Crippen molar-refractivity contribution in [3.8, 4) is 0 Å². The normalized spacial score (nSPS) is 15.9. The zero-order valence-corrected chi connectivity index (χ0v) is 11.1. The van der Waals surface area contributed by atoms with Crippen LogP contribution in [-0.4, -0.2) is 41.1 Å². The summed E-state index contributed by atoms with van der Waals surface area (Å²) in [4.78, 5) is 24.4. The number of carbonyl (C=O) groups excluding carboxylic acids is 1. The molecule has 1 fully saturated rings. The number of carboxylic acid groups (broad SMARTS) is 1. The van der Waals surface area contributed by atoms with E-state index in [1.165, 1.54) is 0 Å². The summed E-state index contributed by atoms with van der Waals surface area (Å²) in [6.07, 6.45) is 2.01. The second-order valence-corrected chi connectivity index (χ2v) is 4.96. The Kier molecular flexibility index (Phi) is 5.19. The average molecular weight is 254 g/mol. The molecule has 0 radical (unpaired) electrons. The maximum absolute atomic E-state index is 12.0. The molecule has 0 aromatic rings. The Labute approximate surface area is 108 Å². The van der Waals surface area contributed by atoms with Gasteiger partial charge < -0.3 is 15.3 Å². The molecule has 0 spiro atoms. The minimum atomic E-state index is -0.866. The first kappa shape index (κ1) is 14.5. The topological polar surface area (TPSA) is 69.6 Å². The molecule has 102 valence electrons.